The number of carbonyl (C=O) groups excluding carboxylic acids is 1. The minimum absolute atomic E-state index is 0.0921. The van der Waals surface area contributed by atoms with Crippen LogP contribution in [0.3, 0.4) is 0 Å². The second-order valence-corrected chi connectivity index (χ2v) is 6.81. The second-order valence-electron chi connectivity index (χ2n) is 6.37. The van der Waals surface area contributed by atoms with E-state index in [1.165, 1.54) is 0 Å². The molecule has 0 saturated heterocycles. The molecule has 146 valence electrons. The summed E-state index contributed by atoms with van der Waals surface area (Å²) in [6.45, 7) is 4.12. The molecule has 1 aromatic carbocycles. The maximum Gasteiger partial charge on any atom is 0.228 e. The van der Waals surface area contributed by atoms with Gasteiger partial charge in [0.05, 0.1) is 24.0 Å². The summed E-state index contributed by atoms with van der Waals surface area (Å²) in [5.41, 5.74) is 3.70. The van der Waals surface area contributed by atoms with Gasteiger partial charge in [-0.05, 0) is 43.2 Å². The van der Waals surface area contributed by atoms with Crippen LogP contribution >= 0.6 is 11.6 Å². The van der Waals surface area contributed by atoms with E-state index in [9.17, 15) is 4.79 Å². The molecule has 0 radical (unpaired) electrons. The van der Waals surface area contributed by atoms with Gasteiger partial charge in [0, 0.05) is 29.4 Å². The number of amides is 1. The molecule has 0 aliphatic heterocycles. The summed E-state index contributed by atoms with van der Waals surface area (Å²) in [5.74, 6) is 0.990. The van der Waals surface area contributed by atoms with Crippen molar-refractivity contribution < 1.29 is 9.53 Å². The summed E-state index contributed by atoms with van der Waals surface area (Å²) in [6.07, 6.45) is 3.51. The van der Waals surface area contributed by atoms with Gasteiger partial charge in [-0.1, -0.05) is 25.4 Å². The SMILES string of the molecule is CCc1nn(C)c(CC)c1CC(=O)Nc1ccc(Oc2ccc(Cl)cc2)nc1. The molecule has 0 spiro atoms. The molecule has 6 nitrogen and oxygen atoms in total. The fourth-order valence-electron chi connectivity index (χ4n) is 3.10. The molecule has 3 rings (SSSR count). The molecule has 3 aromatic rings. The van der Waals surface area contributed by atoms with E-state index < -0.39 is 0 Å². The van der Waals surface area contributed by atoms with Crippen molar-refractivity contribution in [3.8, 4) is 11.6 Å². The van der Waals surface area contributed by atoms with Crippen molar-refractivity contribution in [3.05, 3.63) is 64.6 Å². The minimum atomic E-state index is -0.0921. The monoisotopic (exact) mass is 398 g/mol. The van der Waals surface area contributed by atoms with Gasteiger partial charge in [-0.15, -0.1) is 0 Å². The van der Waals surface area contributed by atoms with Gasteiger partial charge in [-0.3, -0.25) is 9.48 Å². The molecule has 0 fully saturated rings. The molecule has 0 aliphatic rings. The maximum absolute atomic E-state index is 12.5. The fraction of sp³-hybridized carbons (Fsp3) is 0.286. The van der Waals surface area contributed by atoms with Crippen LogP contribution in [-0.4, -0.2) is 20.7 Å². The number of anilines is 1. The van der Waals surface area contributed by atoms with E-state index in [1.54, 1.807) is 42.6 Å². The smallest absolute Gasteiger partial charge is 0.228 e. The largest absolute Gasteiger partial charge is 0.439 e. The van der Waals surface area contributed by atoms with Gasteiger partial charge in [-0.25, -0.2) is 4.98 Å². The van der Waals surface area contributed by atoms with Gasteiger partial charge in [0.25, 0.3) is 0 Å². The summed E-state index contributed by atoms with van der Waals surface area (Å²) in [5, 5.41) is 8.05. The highest BCUT2D eigenvalue weighted by atomic mass is 35.5. The average Bonchev–Trinajstić information content (AvgIpc) is 2.99. The zero-order chi connectivity index (χ0) is 20.1. The zero-order valence-corrected chi connectivity index (χ0v) is 17.0. The number of nitrogens with one attached hydrogen (secondary N) is 1. The highest BCUT2D eigenvalue weighted by Gasteiger charge is 2.17. The van der Waals surface area contributed by atoms with E-state index >= 15 is 0 Å². The Bertz CT molecular complexity index is 950. The van der Waals surface area contributed by atoms with Crippen LogP contribution in [0.15, 0.2) is 42.6 Å². The van der Waals surface area contributed by atoms with Crippen molar-refractivity contribution in [3.63, 3.8) is 0 Å². The predicted octanol–water partition coefficient (Wildman–Crippen LogP) is 4.57. The van der Waals surface area contributed by atoms with Crippen LogP contribution in [0.1, 0.15) is 30.8 Å². The van der Waals surface area contributed by atoms with E-state index in [0.29, 0.717) is 28.8 Å². The number of aryl methyl sites for hydroxylation is 2. The summed E-state index contributed by atoms with van der Waals surface area (Å²) < 4.78 is 7.53. The molecule has 1 N–H and O–H groups in total. The lowest BCUT2D eigenvalue weighted by atomic mass is 10.1. The maximum atomic E-state index is 12.5. The first-order valence-corrected chi connectivity index (χ1v) is 9.60. The first kappa shape index (κ1) is 19.9. The normalized spacial score (nSPS) is 10.7. The second kappa shape index (κ2) is 8.89. The third kappa shape index (κ3) is 4.70. The number of aromatic nitrogens is 3. The lowest BCUT2D eigenvalue weighted by Gasteiger charge is -2.08. The van der Waals surface area contributed by atoms with Gasteiger partial charge >= 0.3 is 0 Å². The molecule has 2 aromatic heterocycles. The van der Waals surface area contributed by atoms with Gasteiger partial charge in [0.1, 0.15) is 5.75 Å². The Morgan fingerprint density at radius 3 is 2.50 bits per heavy atom. The van der Waals surface area contributed by atoms with E-state index in [2.05, 4.69) is 22.3 Å². The van der Waals surface area contributed by atoms with Crippen molar-refractivity contribution in [2.75, 3.05) is 5.32 Å². The predicted molar refractivity (Wildman–Crippen MR) is 110 cm³/mol. The highest BCUT2D eigenvalue weighted by molar-refractivity contribution is 6.30. The highest BCUT2D eigenvalue weighted by Crippen LogP contribution is 2.22. The molecule has 0 atom stereocenters. The van der Waals surface area contributed by atoms with Crippen LogP contribution in [0.5, 0.6) is 11.6 Å². The minimum Gasteiger partial charge on any atom is -0.439 e. The number of benzene rings is 1. The Kier molecular flexibility index (Phi) is 6.31. The first-order chi connectivity index (χ1) is 13.5. The zero-order valence-electron chi connectivity index (χ0n) is 16.2. The number of hydrogen-bond acceptors (Lipinski definition) is 4. The van der Waals surface area contributed by atoms with Crippen molar-refractivity contribution in [2.24, 2.45) is 7.05 Å². The summed E-state index contributed by atoms with van der Waals surface area (Å²) in [4.78, 5) is 16.8. The molecular formula is C21H23ClN4O2. The number of carbonyl (C=O) groups is 1. The molecule has 7 heteroatoms. The molecule has 0 bridgehead atoms. The topological polar surface area (TPSA) is 69.0 Å². The van der Waals surface area contributed by atoms with Gasteiger partial charge in [-0.2, -0.15) is 5.10 Å². The molecule has 0 aliphatic carbocycles. The summed E-state index contributed by atoms with van der Waals surface area (Å²) in [6, 6.07) is 10.5. The molecule has 0 unspecified atom stereocenters. The lowest BCUT2D eigenvalue weighted by Crippen LogP contribution is -2.16. The van der Waals surface area contributed by atoms with Crippen molar-refractivity contribution >= 4 is 23.2 Å². The van der Waals surface area contributed by atoms with Crippen LogP contribution in [0.4, 0.5) is 5.69 Å². The Hall–Kier alpha value is -2.86. The third-order valence-corrected chi connectivity index (χ3v) is 4.67. The third-order valence-electron chi connectivity index (χ3n) is 4.42. The summed E-state index contributed by atoms with van der Waals surface area (Å²) >= 11 is 5.86. The molecule has 28 heavy (non-hydrogen) atoms. The molecule has 0 saturated carbocycles. The standard InChI is InChI=1S/C21H23ClN4O2/c1-4-18-17(19(5-2)26(3)25-18)12-20(27)24-15-8-11-21(23-13-15)28-16-9-6-14(22)7-10-16/h6-11,13H,4-5,12H2,1-3H3,(H,24,27). The Morgan fingerprint density at radius 1 is 1.14 bits per heavy atom. The van der Waals surface area contributed by atoms with Gasteiger partial charge in [0.2, 0.25) is 11.8 Å². The van der Waals surface area contributed by atoms with E-state index in [1.807, 2.05) is 18.7 Å². The number of halogens is 1. The summed E-state index contributed by atoms with van der Waals surface area (Å²) in [7, 11) is 1.92. The van der Waals surface area contributed by atoms with Crippen molar-refractivity contribution in [2.45, 2.75) is 33.1 Å². The van der Waals surface area contributed by atoms with Crippen molar-refractivity contribution in [1.29, 1.82) is 0 Å². The van der Waals surface area contributed by atoms with Crippen LogP contribution in [-0.2, 0) is 31.1 Å². The number of nitrogens with zero attached hydrogens (tertiary/aromatic N) is 3. The number of ether oxygens (including phenoxy) is 1. The average molecular weight is 399 g/mol. The Balaban J connectivity index is 1.64. The molecule has 1 amide bonds. The van der Waals surface area contributed by atoms with Gasteiger partial charge < -0.3 is 10.1 Å². The fourth-order valence-corrected chi connectivity index (χ4v) is 3.22. The molecular weight excluding hydrogens is 376 g/mol. The number of hydrogen-bond donors (Lipinski definition) is 1. The Morgan fingerprint density at radius 2 is 1.89 bits per heavy atom. The van der Waals surface area contributed by atoms with Crippen LogP contribution in [0.2, 0.25) is 5.02 Å². The van der Waals surface area contributed by atoms with Gasteiger partial charge in [0.15, 0.2) is 0 Å². The number of rotatable bonds is 7. The quantitative estimate of drug-likeness (QED) is 0.633. The number of pyridine rings is 1. The van der Waals surface area contributed by atoms with E-state index in [4.69, 9.17) is 16.3 Å². The van der Waals surface area contributed by atoms with Crippen LogP contribution in [0.25, 0.3) is 0 Å². The first-order valence-electron chi connectivity index (χ1n) is 9.23. The molecule has 2 heterocycles. The Labute approximate surface area is 169 Å². The van der Waals surface area contributed by atoms with Crippen molar-refractivity contribution in [1.82, 2.24) is 14.8 Å². The van der Waals surface area contributed by atoms with Crippen LogP contribution in [0, 0.1) is 0 Å². The van der Waals surface area contributed by atoms with E-state index in [0.717, 1.165) is 29.8 Å². The lowest BCUT2D eigenvalue weighted by molar-refractivity contribution is -0.115. The van der Waals surface area contributed by atoms with Crippen LogP contribution < -0.4 is 10.1 Å². The van der Waals surface area contributed by atoms with E-state index in [-0.39, 0.29) is 5.91 Å².